The van der Waals surface area contributed by atoms with Crippen LogP contribution < -0.4 is 10.5 Å². The SMILES string of the molecule is COc1cc(I)c(C(F)(F)F)c(CN)c1. The molecule has 0 fully saturated rings. The summed E-state index contributed by atoms with van der Waals surface area (Å²) in [6.45, 7) is -0.165. The van der Waals surface area contributed by atoms with Crippen molar-refractivity contribution in [1.29, 1.82) is 0 Å². The maximum absolute atomic E-state index is 12.6. The molecule has 15 heavy (non-hydrogen) atoms. The second-order valence-corrected chi connectivity index (χ2v) is 4.01. The molecule has 0 saturated carbocycles. The number of hydrogen-bond acceptors (Lipinski definition) is 2. The van der Waals surface area contributed by atoms with Gasteiger partial charge in [-0.25, -0.2) is 0 Å². The lowest BCUT2D eigenvalue weighted by molar-refractivity contribution is -0.138. The van der Waals surface area contributed by atoms with Gasteiger partial charge in [0, 0.05) is 10.1 Å². The van der Waals surface area contributed by atoms with Crippen LogP contribution in [0, 0.1) is 3.57 Å². The Bertz CT molecular complexity index is 365. The van der Waals surface area contributed by atoms with Crippen molar-refractivity contribution in [1.82, 2.24) is 0 Å². The minimum atomic E-state index is -4.38. The van der Waals surface area contributed by atoms with E-state index in [0.29, 0.717) is 5.75 Å². The van der Waals surface area contributed by atoms with Crippen LogP contribution in [0.1, 0.15) is 11.1 Å². The van der Waals surface area contributed by atoms with Crippen LogP contribution in [0.15, 0.2) is 12.1 Å². The van der Waals surface area contributed by atoms with Gasteiger partial charge in [0.15, 0.2) is 0 Å². The van der Waals surface area contributed by atoms with Gasteiger partial charge in [0.1, 0.15) is 5.75 Å². The first-order valence-electron chi connectivity index (χ1n) is 4.03. The zero-order valence-electron chi connectivity index (χ0n) is 7.86. The molecular weight excluding hydrogens is 322 g/mol. The molecule has 0 unspecified atom stereocenters. The van der Waals surface area contributed by atoms with E-state index in [1.165, 1.54) is 19.2 Å². The quantitative estimate of drug-likeness (QED) is 0.846. The Morgan fingerprint density at radius 2 is 2.00 bits per heavy atom. The molecule has 0 saturated heterocycles. The summed E-state index contributed by atoms with van der Waals surface area (Å²) >= 11 is 1.63. The van der Waals surface area contributed by atoms with E-state index in [1.807, 2.05) is 0 Å². The summed E-state index contributed by atoms with van der Waals surface area (Å²) in [5.74, 6) is 0.382. The first-order valence-corrected chi connectivity index (χ1v) is 5.11. The van der Waals surface area contributed by atoms with Crippen molar-refractivity contribution in [3.05, 3.63) is 26.8 Å². The molecule has 2 nitrogen and oxygen atoms in total. The number of benzene rings is 1. The van der Waals surface area contributed by atoms with Crippen molar-refractivity contribution in [2.45, 2.75) is 12.7 Å². The van der Waals surface area contributed by atoms with Gasteiger partial charge in [0.2, 0.25) is 0 Å². The fourth-order valence-corrected chi connectivity index (χ4v) is 2.19. The van der Waals surface area contributed by atoms with Crippen molar-refractivity contribution in [3.63, 3.8) is 0 Å². The van der Waals surface area contributed by atoms with Gasteiger partial charge in [-0.2, -0.15) is 13.2 Å². The second kappa shape index (κ2) is 4.56. The zero-order chi connectivity index (χ0) is 11.6. The molecule has 0 spiro atoms. The second-order valence-electron chi connectivity index (χ2n) is 2.85. The number of ether oxygens (including phenoxy) is 1. The van der Waals surface area contributed by atoms with Crippen molar-refractivity contribution in [2.24, 2.45) is 5.73 Å². The molecule has 0 aliphatic heterocycles. The van der Waals surface area contributed by atoms with Crippen LogP contribution in [0.2, 0.25) is 0 Å². The maximum atomic E-state index is 12.6. The first-order chi connectivity index (χ1) is 6.90. The predicted octanol–water partition coefficient (Wildman–Crippen LogP) is 2.78. The smallest absolute Gasteiger partial charge is 0.417 e. The van der Waals surface area contributed by atoms with Crippen LogP contribution >= 0.6 is 22.6 Å². The molecule has 0 atom stereocenters. The summed E-state index contributed by atoms with van der Waals surface area (Å²) < 4.78 is 42.9. The van der Waals surface area contributed by atoms with E-state index in [1.54, 1.807) is 22.6 Å². The topological polar surface area (TPSA) is 35.2 Å². The summed E-state index contributed by atoms with van der Waals surface area (Å²) in [7, 11) is 1.40. The van der Waals surface area contributed by atoms with Crippen LogP contribution in [0.4, 0.5) is 13.2 Å². The molecule has 0 aliphatic rings. The highest BCUT2D eigenvalue weighted by molar-refractivity contribution is 14.1. The molecule has 2 N–H and O–H groups in total. The normalized spacial score (nSPS) is 11.6. The highest BCUT2D eigenvalue weighted by Gasteiger charge is 2.35. The van der Waals surface area contributed by atoms with Crippen LogP contribution in [0.3, 0.4) is 0 Å². The number of halogens is 4. The Morgan fingerprint density at radius 3 is 2.40 bits per heavy atom. The van der Waals surface area contributed by atoms with E-state index < -0.39 is 11.7 Å². The molecular formula is C9H9F3INO. The standard InChI is InChI=1S/C9H9F3INO/c1-15-6-2-5(4-14)8(7(13)3-6)9(10,11)12/h2-3H,4,14H2,1H3. The number of alkyl halides is 3. The molecule has 0 aliphatic carbocycles. The highest BCUT2D eigenvalue weighted by atomic mass is 127. The predicted molar refractivity (Wildman–Crippen MR) is 58.6 cm³/mol. The van der Waals surface area contributed by atoms with E-state index in [-0.39, 0.29) is 15.7 Å². The summed E-state index contributed by atoms with van der Waals surface area (Å²) in [6.07, 6.45) is -4.38. The molecule has 84 valence electrons. The number of nitrogens with two attached hydrogens (primary N) is 1. The summed E-state index contributed by atoms with van der Waals surface area (Å²) in [4.78, 5) is 0. The van der Waals surface area contributed by atoms with E-state index >= 15 is 0 Å². The third-order valence-corrected chi connectivity index (χ3v) is 2.74. The average Bonchev–Trinajstić information content (AvgIpc) is 2.14. The van der Waals surface area contributed by atoms with E-state index in [4.69, 9.17) is 10.5 Å². The molecule has 1 aromatic rings. The lowest BCUT2D eigenvalue weighted by atomic mass is 10.1. The molecule has 0 heterocycles. The van der Waals surface area contributed by atoms with Gasteiger partial charge in [-0.3, -0.25) is 0 Å². The largest absolute Gasteiger partial charge is 0.497 e. The van der Waals surface area contributed by atoms with Crippen LogP contribution in [0.25, 0.3) is 0 Å². The van der Waals surface area contributed by atoms with Gasteiger partial charge in [-0.05, 0) is 40.3 Å². The molecule has 0 aromatic heterocycles. The summed E-state index contributed by atoms with van der Waals surface area (Å²) in [5, 5.41) is 0. The lowest BCUT2D eigenvalue weighted by Crippen LogP contribution is -2.14. The van der Waals surface area contributed by atoms with E-state index in [9.17, 15) is 13.2 Å². The van der Waals surface area contributed by atoms with Gasteiger partial charge < -0.3 is 10.5 Å². The Labute approximate surface area is 98.7 Å². The van der Waals surface area contributed by atoms with Gasteiger partial charge in [0.05, 0.1) is 12.7 Å². The Kier molecular flexibility index (Phi) is 3.82. The molecule has 0 bridgehead atoms. The average molecular weight is 331 g/mol. The third kappa shape index (κ3) is 2.75. The van der Waals surface area contributed by atoms with Crippen molar-refractivity contribution in [3.8, 4) is 5.75 Å². The fourth-order valence-electron chi connectivity index (χ4n) is 1.23. The minimum absolute atomic E-state index is 0.0475. The molecule has 0 amide bonds. The summed E-state index contributed by atoms with van der Waals surface area (Å²) in [5.41, 5.74) is 4.65. The summed E-state index contributed by atoms with van der Waals surface area (Å²) in [6, 6.07) is 2.65. The van der Waals surface area contributed by atoms with Crippen molar-refractivity contribution >= 4 is 22.6 Å². The van der Waals surface area contributed by atoms with E-state index in [0.717, 1.165) is 0 Å². The highest BCUT2D eigenvalue weighted by Crippen LogP contribution is 2.37. The van der Waals surface area contributed by atoms with Gasteiger partial charge in [-0.1, -0.05) is 0 Å². The first kappa shape index (κ1) is 12.6. The molecule has 1 rings (SSSR count). The lowest BCUT2D eigenvalue weighted by Gasteiger charge is -2.15. The van der Waals surface area contributed by atoms with Crippen LogP contribution in [0.5, 0.6) is 5.75 Å². The van der Waals surface area contributed by atoms with Crippen LogP contribution in [-0.2, 0) is 12.7 Å². The Hall–Kier alpha value is -0.500. The number of hydrogen-bond donors (Lipinski definition) is 1. The van der Waals surface area contributed by atoms with Crippen molar-refractivity contribution in [2.75, 3.05) is 7.11 Å². The Morgan fingerprint density at radius 1 is 1.40 bits per heavy atom. The Balaban J connectivity index is 3.38. The van der Waals surface area contributed by atoms with Crippen LogP contribution in [-0.4, -0.2) is 7.11 Å². The fraction of sp³-hybridized carbons (Fsp3) is 0.333. The molecule has 0 radical (unpaired) electrons. The molecule has 1 aromatic carbocycles. The maximum Gasteiger partial charge on any atom is 0.417 e. The van der Waals surface area contributed by atoms with Gasteiger partial charge in [0.25, 0.3) is 0 Å². The van der Waals surface area contributed by atoms with Gasteiger partial charge >= 0.3 is 6.18 Å². The van der Waals surface area contributed by atoms with E-state index in [2.05, 4.69) is 0 Å². The zero-order valence-corrected chi connectivity index (χ0v) is 10.0. The molecule has 6 heteroatoms. The van der Waals surface area contributed by atoms with Gasteiger partial charge in [-0.15, -0.1) is 0 Å². The minimum Gasteiger partial charge on any atom is -0.497 e. The number of rotatable bonds is 2. The monoisotopic (exact) mass is 331 g/mol. The number of methoxy groups -OCH3 is 1. The third-order valence-electron chi connectivity index (χ3n) is 1.88. The van der Waals surface area contributed by atoms with Crippen molar-refractivity contribution < 1.29 is 17.9 Å².